The molecule has 8 nitrogen and oxygen atoms in total. The fraction of sp³-hybridized carbons (Fsp3) is 0.583. The van der Waals surface area contributed by atoms with E-state index in [4.69, 9.17) is 5.11 Å². The average molecular weight is 649 g/mol. The number of aldehydes is 1. The van der Waals surface area contributed by atoms with Crippen LogP contribution in [-0.4, -0.2) is 79.5 Å². The van der Waals surface area contributed by atoms with E-state index in [9.17, 15) is 23.2 Å². The zero-order chi connectivity index (χ0) is 34.7. The number of nitrogens with one attached hydrogen (secondary N) is 3. The van der Waals surface area contributed by atoms with Gasteiger partial charge in [-0.15, -0.1) is 0 Å². The lowest BCUT2D eigenvalue weighted by molar-refractivity contribution is -0.136. The molecule has 260 valence electrons. The number of benzene rings is 2. The highest BCUT2D eigenvalue weighted by atomic mass is 19.1. The lowest BCUT2D eigenvalue weighted by atomic mass is 10.0. The standard InChI is InChI=1S/C18H24N2O3.C7H6F2.C7H18N2O.C4H10/c1-14(22)19-16-8-10-18(23)20(12-11-16)17(13-21)9-7-15-5-3-2-4-6-15;1-5-2-6(8)4-7(9)3-5;1-7(10)6-9-5-3-4-8-2;1-3-4-2/h2-6,13,16-17H,7-12H2,1H3,(H,19,22);2-4H,1H3;7-10H,3-6H2,1-2H3;3-4H2,1-2H3. The molecule has 3 rings (SSSR count). The molecule has 1 fully saturated rings. The van der Waals surface area contributed by atoms with Gasteiger partial charge in [0.25, 0.3) is 0 Å². The van der Waals surface area contributed by atoms with Crippen molar-refractivity contribution >= 4 is 18.1 Å². The van der Waals surface area contributed by atoms with Crippen LogP contribution in [0.1, 0.15) is 83.8 Å². The normalized spacial score (nSPS) is 15.4. The molecule has 46 heavy (non-hydrogen) atoms. The van der Waals surface area contributed by atoms with Gasteiger partial charge in [-0.1, -0.05) is 57.0 Å². The number of halogens is 2. The fourth-order valence-corrected chi connectivity index (χ4v) is 4.44. The minimum Gasteiger partial charge on any atom is -0.392 e. The molecule has 1 saturated heterocycles. The second kappa shape index (κ2) is 27.0. The number of nitrogens with zero attached hydrogens (tertiary/aromatic N) is 1. The van der Waals surface area contributed by atoms with Gasteiger partial charge in [0.1, 0.15) is 17.9 Å². The minimum absolute atomic E-state index is 0.00279. The van der Waals surface area contributed by atoms with Crippen LogP contribution in [0.3, 0.4) is 0 Å². The van der Waals surface area contributed by atoms with Crippen LogP contribution in [0.4, 0.5) is 8.78 Å². The van der Waals surface area contributed by atoms with Crippen molar-refractivity contribution in [3.63, 3.8) is 0 Å². The molecule has 0 aliphatic carbocycles. The number of rotatable bonds is 13. The Balaban J connectivity index is 0.000000724. The number of aliphatic hydroxyl groups excluding tert-OH is 1. The molecule has 1 heterocycles. The summed E-state index contributed by atoms with van der Waals surface area (Å²) in [5.41, 5.74) is 1.77. The lowest BCUT2D eigenvalue weighted by Crippen LogP contribution is -2.42. The Morgan fingerprint density at radius 3 is 2.20 bits per heavy atom. The van der Waals surface area contributed by atoms with Crippen molar-refractivity contribution in [2.45, 2.75) is 104 Å². The third-order valence-corrected chi connectivity index (χ3v) is 7.01. The van der Waals surface area contributed by atoms with Gasteiger partial charge in [0, 0.05) is 38.5 Å². The molecule has 3 atom stereocenters. The maximum absolute atomic E-state index is 12.3. The first-order valence-electron chi connectivity index (χ1n) is 16.5. The van der Waals surface area contributed by atoms with Crippen molar-refractivity contribution in [3.05, 3.63) is 71.3 Å². The summed E-state index contributed by atoms with van der Waals surface area (Å²) >= 11 is 0. The molecule has 0 bridgehead atoms. The van der Waals surface area contributed by atoms with Gasteiger partial charge in [-0.25, -0.2) is 8.78 Å². The SMILES string of the molecule is CC(=O)NC1CCC(=O)N(C(C=O)CCc2ccccc2)CC1.CCCC.CNCCCNCC(C)O.Cc1cc(F)cc(F)c1. The predicted molar refractivity (Wildman–Crippen MR) is 183 cm³/mol. The number of aliphatic hydroxyl groups is 1. The molecule has 0 saturated carbocycles. The van der Waals surface area contributed by atoms with Gasteiger partial charge in [-0.2, -0.15) is 0 Å². The molecule has 10 heteroatoms. The summed E-state index contributed by atoms with van der Waals surface area (Å²) in [6, 6.07) is 13.0. The van der Waals surface area contributed by atoms with Crippen LogP contribution in [0, 0.1) is 18.6 Å². The van der Waals surface area contributed by atoms with E-state index in [1.54, 1.807) is 18.7 Å². The highest BCUT2D eigenvalue weighted by molar-refractivity contribution is 5.80. The van der Waals surface area contributed by atoms with Crippen LogP contribution in [0.2, 0.25) is 0 Å². The van der Waals surface area contributed by atoms with Crippen molar-refractivity contribution in [1.82, 2.24) is 20.9 Å². The molecule has 1 aliphatic rings. The van der Waals surface area contributed by atoms with Crippen molar-refractivity contribution in [2.24, 2.45) is 0 Å². The summed E-state index contributed by atoms with van der Waals surface area (Å²) in [5, 5.41) is 17.9. The molecule has 2 aromatic carbocycles. The second-order valence-electron chi connectivity index (χ2n) is 11.5. The summed E-state index contributed by atoms with van der Waals surface area (Å²) in [6.07, 6.45) is 7.51. The van der Waals surface area contributed by atoms with Gasteiger partial charge in [0.05, 0.1) is 12.1 Å². The van der Waals surface area contributed by atoms with E-state index < -0.39 is 17.7 Å². The Labute approximate surface area is 275 Å². The van der Waals surface area contributed by atoms with E-state index in [0.29, 0.717) is 44.3 Å². The van der Waals surface area contributed by atoms with Crippen molar-refractivity contribution in [1.29, 1.82) is 0 Å². The van der Waals surface area contributed by atoms with Crippen LogP contribution in [0.5, 0.6) is 0 Å². The van der Waals surface area contributed by atoms with Crippen LogP contribution in [0.15, 0.2) is 48.5 Å². The van der Waals surface area contributed by atoms with E-state index in [1.165, 1.54) is 31.9 Å². The molecule has 0 spiro atoms. The molecule has 4 N–H and O–H groups in total. The summed E-state index contributed by atoms with van der Waals surface area (Å²) in [7, 11) is 1.94. The smallest absolute Gasteiger partial charge is 0.223 e. The van der Waals surface area contributed by atoms with E-state index >= 15 is 0 Å². The Bertz CT molecular complexity index is 1040. The maximum Gasteiger partial charge on any atom is 0.223 e. The van der Waals surface area contributed by atoms with Crippen molar-refractivity contribution < 1.29 is 28.3 Å². The molecular formula is C36H58F2N4O4. The monoisotopic (exact) mass is 648 g/mol. The number of likely N-dealkylation sites (tertiary alicyclic amines) is 1. The Morgan fingerprint density at radius 2 is 1.70 bits per heavy atom. The summed E-state index contributed by atoms with van der Waals surface area (Å²) in [6.45, 7) is 12.5. The quantitative estimate of drug-likeness (QED) is 0.172. The highest BCUT2D eigenvalue weighted by Crippen LogP contribution is 2.17. The summed E-state index contributed by atoms with van der Waals surface area (Å²) in [5.74, 6) is -1.12. The lowest BCUT2D eigenvalue weighted by Gasteiger charge is -2.27. The van der Waals surface area contributed by atoms with Crippen molar-refractivity contribution in [3.8, 4) is 0 Å². The van der Waals surface area contributed by atoms with E-state index in [-0.39, 0.29) is 24.0 Å². The Hall–Kier alpha value is -3.21. The summed E-state index contributed by atoms with van der Waals surface area (Å²) < 4.78 is 24.4. The molecule has 2 amide bonds. The van der Waals surface area contributed by atoms with Gasteiger partial charge in [0.15, 0.2) is 0 Å². The first kappa shape index (κ1) is 42.8. The van der Waals surface area contributed by atoms with Crippen LogP contribution >= 0.6 is 0 Å². The number of carbonyl (C=O) groups is 3. The highest BCUT2D eigenvalue weighted by Gasteiger charge is 2.28. The first-order chi connectivity index (χ1) is 22.0. The van der Waals surface area contributed by atoms with E-state index in [0.717, 1.165) is 43.8 Å². The predicted octanol–water partition coefficient (Wildman–Crippen LogP) is 5.35. The van der Waals surface area contributed by atoms with Gasteiger partial charge in [-0.05, 0) is 89.3 Å². The van der Waals surface area contributed by atoms with Gasteiger partial charge in [-0.3, -0.25) is 9.59 Å². The zero-order valence-corrected chi connectivity index (χ0v) is 28.8. The van der Waals surface area contributed by atoms with Gasteiger partial charge < -0.3 is 30.8 Å². The van der Waals surface area contributed by atoms with E-state index in [1.807, 2.05) is 37.4 Å². The number of unbranched alkanes of at least 4 members (excludes halogenated alkanes) is 1. The topological polar surface area (TPSA) is 111 Å². The molecule has 2 aromatic rings. The number of amides is 2. The number of hydrogen-bond donors (Lipinski definition) is 4. The number of carbonyl (C=O) groups excluding carboxylic acids is 3. The third kappa shape index (κ3) is 22.3. The molecule has 0 aromatic heterocycles. The number of aryl methyl sites for hydroxylation is 2. The van der Waals surface area contributed by atoms with Crippen LogP contribution in [0.25, 0.3) is 0 Å². The molecule has 3 unspecified atom stereocenters. The van der Waals surface area contributed by atoms with Gasteiger partial charge >= 0.3 is 0 Å². The van der Waals surface area contributed by atoms with Gasteiger partial charge in [0.2, 0.25) is 11.8 Å². The minimum atomic E-state index is -0.521. The largest absolute Gasteiger partial charge is 0.392 e. The maximum atomic E-state index is 12.3. The Kier molecular flexibility index (Phi) is 25.1. The fourth-order valence-electron chi connectivity index (χ4n) is 4.44. The second-order valence-corrected chi connectivity index (χ2v) is 11.5. The third-order valence-electron chi connectivity index (χ3n) is 7.01. The average Bonchev–Trinajstić information content (AvgIpc) is 3.18. The zero-order valence-electron chi connectivity index (χ0n) is 28.8. The molecule has 1 aliphatic heterocycles. The number of hydrogen-bond acceptors (Lipinski definition) is 6. The van der Waals surface area contributed by atoms with Crippen LogP contribution in [-0.2, 0) is 20.8 Å². The van der Waals surface area contributed by atoms with Crippen molar-refractivity contribution in [2.75, 3.05) is 33.2 Å². The van der Waals surface area contributed by atoms with Crippen LogP contribution < -0.4 is 16.0 Å². The summed E-state index contributed by atoms with van der Waals surface area (Å²) in [4.78, 5) is 36.6. The Morgan fingerprint density at radius 1 is 1.07 bits per heavy atom. The molecular weight excluding hydrogens is 590 g/mol. The first-order valence-corrected chi connectivity index (χ1v) is 16.5. The van der Waals surface area contributed by atoms with E-state index in [2.05, 4.69) is 29.8 Å². The molecule has 0 radical (unpaired) electrons.